The van der Waals surface area contributed by atoms with Crippen LogP contribution < -0.4 is 0 Å². The number of hydrogen-bond donors (Lipinski definition) is 0. The summed E-state index contributed by atoms with van der Waals surface area (Å²) in [6.45, 7) is 1.39. The van der Waals surface area contributed by atoms with Crippen LogP contribution in [0.3, 0.4) is 0 Å². The molecule has 0 atom stereocenters. The fraction of sp³-hybridized carbons (Fsp3) is 0.200. The molecular formula is C15H14BrClN2O2. The van der Waals surface area contributed by atoms with Crippen molar-refractivity contribution in [2.75, 3.05) is 7.05 Å². The van der Waals surface area contributed by atoms with Crippen LogP contribution in [-0.2, 0) is 13.1 Å². The number of benzene rings is 2. The second-order valence-electron chi connectivity index (χ2n) is 4.84. The van der Waals surface area contributed by atoms with Gasteiger partial charge in [-0.2, -0.15) is 0 Å². The van der Waals surface area contributed by atoms with Crippen molar-refractivity contribution in [2.24, 2.45) is 0 Å². The van der Waals surface area contributed by atoms with Gasteiger partial charge in [-0.1, -0.05) is 29.8 Å². The van der Waals surface area contributed by atoms with Crippen LogP contribution in [0.4, 0.5) is 5.69 Å². The molecule has 0 aliphatic carbocycles. The predicted octanol–water partition coefficient (Wildman–Crippen LogP) is 4.64. The molecule has 0 heterocycles. The minimum atomic E-state index is -0.382. The molecule has 2 rings (SSSR count). The van der Waals surface area contributed by atoms with Crippen molar-refractivity contribution < 1.29 is 4.92 Å². The number of nitro groups is 1. The molecule has 0 radical (unpaired) electrons. The second kappa shape index (κ2) is 7.02. The lowest BCUT2D eigenvalue weighted by Crippen LogP contribution is -2.17. The maximum atomic E-state index is 10.9. The Hall–Kier alpha value is -1.43. The summed E-state index contributed by atoms with van der Waals surface area (Å²) in [7, 11) is 1.97. The van der Waals surface area contributed by atoms with Crippen molar-refractivity contribution in [3.8, 4) is 0 Å². The van der Waals surface area contributed by atoms with Crippen molar-refractivity contribution in [2.45, 2.75) is 13.1 Å². The fourth-order valence-corrected chi connectivity index (χ4v) is 2.58. The Morgan fingerprint density at radius 1 is 1.14 bits per heavy atom. The summed E-state index contributed by atoms with van der Waals surface area (Å²) in [5.41, 5.74) is 2.14. The van der Waals surface area contributed by atoms with E-state index in [2.05, 4.69) is 20.8 Å². The molecule has 0 bridgehead atoms. The highest BCUT2D eigenvalue weighted by Gasteiger charge is 2.13. The van der Waals surface area contributed by atoms with E-state index in [1.165, 1.54) is 0 Å². The molecule has 2 aromatic rings. The Bertz CT molecular complexity index is 647. The SMILES string of the molecule is CN(Cc1ccc(Cl)cc1)Cc1ccc(Br)c([N+](=O)[O-])c1. The molecule has 0 fully saturated rings. The quantitative estimate of drug-likeness (QED) is 0.569. The van der Waals surface area contributed by atoms with Gasteiger partial charge < -0.3 is 0 Å². The highest BCUT2D eigenvalue weighted by atomic mass is 79.9. The normalized spacial score (nSPS) is 10.9. The van der Waals surface area contributed by atoms with Crippen LogP contribution in [0.15, 0.2) is 46.9 Å². The zero-order chi connectivity index (χ0) is 15.4. The first-order chi connectivity index (χ1) is 9.95. The van der Waals surface area contributed by atoms with E-state index in [-0.39, 0.29) is 10.6 Å². The summed E-state index contributed by atoms with van der Waals surface area (Å²) < 4.78 is 0.497. The summed E-state index contributed by atoms with van der Waals surface area (Å²) in [6, 6.07) is 12.9. The standard InChI is InChI=1S/C15H14BrClN2O2/c1-18(9-11-2-5-13(17)6-3-11)10-12-4-7-14(16)15(8-12)19(20)21/h2-8H,9-10H2,1H3. The number of nitro benzene ring substituents is 1. The van der Waals surface area contributed by atoms with E-state index in [1.807, 2.05) is 37.4 Å². The maximum Gasteiger partial charge on any atom is 0.283 e. The summed E-state index contributed by atoms with van der Waals surface area (Å²) in [6.07, 6.45) is 0. The highest BCUT2D eigenvalue weighted by molar-refractivity contribution is 9.10. The van der Waals surface area contributed by atoms with Gasteiger partial charge in [0.05, 0.1) is 9.40 Å². The zero-order valence-electron chi connectivity index (χ0n) is 11.4. The van der Waals surface area contributed by atoms with Gasteiger partial charge in [-0.05, 0) is 52.3 Å². The Morgan fingerprint density at radius 2 is 1.71 bits per heavy atom. The van der Waals surface area contributed by atoms with Gasteiger partial charge in [-0.3, -0.25) is 15.0 Å². The zero-order valence-corrected chi connectivity index (χ0v) is 13.8. The Labute approximate surface area is 136 Å². The molecule has 21 heavy (non-hydrogen) atoms. The molecular weight excluding hydrogens is 356 g/mol. The third-order valence-electron chi connectivity index (χ3n) is 3.03. The smallest absolute Gasteiger partial charge is 0.283 e. The Balaban J connectivity index is 2.05. The first-order valence-corrected chi connectivity index (χ1v) is 7.48. The summed E-state index contributed by atoms with van der Waals surface area (Å²) in [5, 5.41) is 11.6. The van der Waals surface area contributed by atoms with E-state index in [9.17, 15) is 10.1 Å². The Kier molecular flexibility index (Phi) is 5.33. The molecule has 0 aliphatic rings. The van der Waals surface area contributed by atoms with E-state index in [0.29, 0.717) is 16.0 Å². The second-order valence-corrected chi connectivity index (χ2v) is 6.13. The largest absolute Gasteiger partial charge is 0.298 e. The topological polar surface area (TPSA) is 46.4 Å². The van der Waals surface area contributed by atoms with Gasteiger partial charge >= 0.3 is 0 Å². The van der Waals surface area contributed by atoms with E-state index >= 15 is 0 Å². The number of halogens is 2. The van der Waals surface area contributed by atoms with Crippen LogP contribution >= 0.6 is 27.5 Å². The average Bonchev–Trinajstić information content (AvgIpc) is 2.43. The minimum Gasteiger partial charge on any atom is -0.298 e. The number of rotatable bonds is 5. The van der Waals surface area contributed by atoms with Crippen molar-refractivity contribution in [1.29, 1.82) is 0 Å². The van der Waals surface area contributed by atoms with Crippen LogP contribution in [0.1, 0.15) is 11.1 Å². The number of hydrogen-bond acceptors (Lipinski definition) is 3. The monoisotopic (exact) mass is 368 g/mol. The van der Waals surface area contributed by atoms with Crippen LogP contribution in [-0.4, -0.2) is 16.9 Å². The third kappa shape index (κ3) is 4.52. The Morgan fingerprint density at radius 3 is 2.33 bits per heavy atom. The number of nitrogens with zero attached hydrogens (tertiary/aromatic N) is 2. The molecule has 0 amide bonds. The van der Waals surface area contributed by atoms with Crippen LogP contribution in [0.5, 0.6) is 0 Å². The molecule has 0 aliphatic heterocycles. The van der Waals surface area contributed by atoms with Gasteiger partial charge in [0.1, 0.15) is 0 Å². The summed E-state index contributed by atoms with van der Waals surface area (Å²) in [5.74, 6) is 0. The summed E-state index contributed by atoms with van der Waals surface area (Å²) >= 11 is 9.05. The van der Waals surface area contributed by atoms with Crippen LogP contribution in [0.25, 0.3) is 0 Å². The average molecular weight is 370 g/mol. The van der Waals surface area contributed by atoms with E-state index in [1.54, 1.807) is 12.1 Å². The lowest BCUT2D eigenvalue weighted by molar-refractivity contribution is -0.385. The molecule has 0 saturated carbocycles. The lowest BCUT2D eigenvalue weighted by atomic mass is 10.1. The highest BCUT2D eigenvalue weighted by Crippen LogP contribution is 2.26. The fourth-order valence-electron chi connectivity index (χ4n) is 2.07. The summed E-state index contributed by atoms with van der Waals surface area (Å²) in [4.78, 5) is 12.6. The van der Waals surface area contributed by atoms with Crippen LogP contribution in [0, 0.1) is 10.1 Å². The predicted molar refractivity (Wildman–Crippen MR) is 87.4 cm³/mol. The van der Waals surface area contributed by atoms with Crippen molar-refractivity contribution in [3.05, 3.63) is 73.2 Å². The molecule has 0 spiro atoms. The van der Waals surface area contributed by atoms with Gasteiger partial charge in [-0.25, -0.2) is 0 Å². The lowest BCUT2D eigenvalue weighted by Gasteiger charge is -2.17. The van der Waals surface area contributed by atoms with Crippen LogP contribution in [0.2, 0.25) is 5.02 Å². The van der Waals surface area contributed by atoms with Crippen molar-refractivity contribution in [3.63, 3.8) is 0 Å². The first kappa shape index (κ1) is 15.9. The van der Waals surface area contributed by atoms with Gasteiger partial charge in [0.15, 0.2) is 0 Å². The van der Waals surface area contributed by atoms with Gasteiger partial charge in [0.2, 0.25) is 0 Å². The minimum absolute atomic E-state index is 0.0902. The molecule has 0 saturated heterocycles. The van der Waals surface area contributed by atoms with E-state index < -0.39 is 0 Å². The molecule has 0 aromatic heterocycles. The molecule has 0 unspecified atom stereocenters. The van der Waals surface area contributed by atoms with E-state index in [0.717, 1.165) is 17.7 Å². The van der Waals surface area contributed by atoms with Gasteiger partial charge in [0, 0.05) is 24.2 Å². The van der Waals surface area contributed by atoms with E-state index in [4.69, 9.17) is 11.6 Å². The van der Waals surface area contributed by atoms with Crippen molar-refractivity contribution in [1.82, 2.24) is 4.90 Å². The molecule has 6 heteroatoms. The van der Waals surface area contributed by atoms with Gasteiger partial charge in [-0.15, -0.1) is 0 Å². The van der Waals surface area contributed by atoms with Crippen molar-refractivity contribution >= 4 is 33.2 Å². The molecule has 110 valence electrons. The third-order valence-corrected chi connectivity index (χ3v) is 3.95. The molecule has 0 N–H and O–H groups in total. The maximum absolute atomic E-state index is 10.9. The van der Waals surface area contributed by atoms with Gasteiger partial charge in [0.25, 0.3) is 5.69 Å². The first-order valence-electron chi connectivity index (χ1n) is 6.31. The molecule has 4 nitrogen and oxygen atoms in total. The molecule has 2 aromatic carbocycles.